The zero-order valence-corrected chi connectivity index (χ0v) is 9.12. The highest BCUT2D eigenvalue weighted by atomic mass is 16.6. The number of rotatable bonds is 2. The lowest BCUT2D eigenvalue weighted by molar-refractivity contribution is -0.385. The van der Waals surface area contributed by atoms with E-state index in [1.165, 1.54) is 18.2 Å². The van der Waals surface area contributed by atoms with Crippen LogP contribution in [0.4, 0.5) is 11.4 Å². The van der Waals surface area contributed by atoms with Gasteiger partial charge in [-0.15, -0.1) is 0 Å². The van der Waals surface area contributed by atoms with E-state index in [0.29, 0.717) is 11.3 Å². The molecule has 1 aromatic carbocycles. The van der Waals surface area contributed by atoms with Gasteiger partial charge in [-0.1, -0.05) is 0 Å². The van der Waals surface area contributed by atoms with Crippen molar-refractivity contribution in [2.75, 3.05) is 0 Å². The van der Waals surface area contributed by atoms with E-state index in [-0.39, 0.29) is 17.6 Å². The summed E-state index contributed by atoms with van der Waals surface area (Å²) in [6, 6.07) is 4.32. The van der Waals surface area contributed by atoms with Gasteiger partial charge in [0.1, 0.15) is 0 Å². The molecule has 0 spiro atoms. The maximum absolute atomic E-state index is 10.6. The van der Waals surface area contributed by atoms with Gasteiger partial charge in [-0.25, -0.2) is 4.99 Å². The maximum Gasteiger partial charge on any atom is 0.272 e. The molecular formula is C9H12N6O2. The minimum Gasteiger partial charge on any atom is -0.370 e. The molecule has 17 heavy (non-hydrogen) atoms. The van der Waals surface area contributed by atoms with Crippen LogP contribution in [0.2, 0.25) is 0 Å². The first kappa shape index (κ1) is 12.4. The summed E-state index contributed by atoms with van der Waals surface area (Å²) >= 11 is 0. The summed E-state index contributed by atoms with van der Waals surface area (Å²) in [5.41, 5.74) is 16.6. The van der Waals surface area contributed by atoms with E-state index in [1.54, 1.807) is 6.92 Å². The number of nitro benzene ring substituents is 1. The predicted molar refractivity (Wildman–Crippen MR) is 64.9 cm³/mol. The van der Waals surface area contributed by atoms with Gasteiger partial charge in [-0.2, -0.15) is 4.99 Å². The second-order valence-electron chi connectivity index (χ2n) is 3.23. The molecule has 0 aliphatic rings. The third-order valence-corrected chi connectivity index (χ3v) is 1.86. The van der Waals surface area contributed by atoms with Gasteiger partial charge in [0.15, 0.2) is 5.96 Å². The molecule has 0 aromatic heterocycles. The predicted octanol–water partition coefficient (Wildman–Crippen LogP) is 0.123. The summed E-state index contributed by atoms with van der Waals surface area (Å²) < 4.78 is 0. The number of aliphatic imine (C=N–C) groups is 2. The molecule has 0 saturated heterocycles. The van der Waals surface area contributed by atoms with Gasteiger partial charge in [-0.05, 0) is 19.1 Å². The summed E-state index contributed by atoms with van der Waals surface area (Å²) in [6.45, 7) is 1.61. The Morgan fingerprint density at radius 1 is 1.35 bits per heavy atom. The Morgan fingerprint density at radius 3 is 2.47 bits per heavy atom. The first-order valence-electron chi connectivity index (χ1n) is 4.59. The van der Waals surface area contributed by atoms with Gasteiger partial charge >= 0.3 is 0 Å². The van der Waals surface area contributed by atoms with Crippen LogP contribution < -0.4 is 17.2 Å². The lowest BCUT2D eigenvalue weighted by Crippen LogP contribution is -2.26. The molecule has 0 unspecified atom stereocenters. The molecule has 6 N–H and O–H groups in total. The third-order valence-electron chi connectivity index (χ3n) is 1.86. The number of nitro groups is 1. The number of benzene rings is 1. The van der Waals surface area contributed by atoms with Crippen molar-refractivity contribution in [3.05, 3.63) is 33.9 Å². The zero-order valence-electron chi connectivity index (χ0n) is 9.12. The second kappa shape index (κ2) is 4.92. The zero-order chi connectivity index (χ0) is 13.0. The van der Waals surface area contributed by atoms with Crippen LogP contribution in [0.3, 0.4) is 0 Å². The van der Waals surface area contributed by atoms with Gasteiger partial charge in [0.05, 0.1) is 10.6 Å². The molecule has 0 bridgehead atoms. The summed E-state index contributed by atoms with van der Waals surface area (Å²) in [6.07, 6.45) is 0. The molecule has 1 aromatic rings. The SMILES string of the molecule is Cc1cc(N=C(N)N=C(N)N)ccc1[N+](=O)[O-]. The van der Waals surface area contributed by atoms with E-state index in [9.17, 15) is 10.1 Å². The van der Waals surface area contributed by atoms with Crippen LogP contribution in [-0.2, 0) is 0 Å². The Hall–Kier alpha value is -2.64. The summed E-state index contributed by atoms with van der Waals surface area (Å²) in [5, 5.41) is 10.6. The van der Waals surface area contributed by atoms with Crippen molar-refractivity contribution in [1.82, 2.24) is 0 Å². The minimum atomic E-state index is -0.470. The first-order valence-corrected chi connectivity index (χ1v) is 4.59. The van der Waals surface area contributed by atoms with Gasteiger partial charge < -0.3 is 17.2 Å². The Kier molecular flexibility index (Phi) is 3.60. The fourth-order valence-electron chi connectivity index (χ4n) is 1.20. The average Bonchev–Trinajstić information content (AvgIpc) is 2.15. The molecule has 90 valence electrons. The lowest BCUT2D eigenvalue weighted by atomic mass is 10.2. The Balaban J connectivity index is 3.07. The Bertz CT molecular complexity index is 504. The smallest absolute Gasteiger partial charge is 0.272 e. The molecule has 0 aliphatic heterocycles. The van der Waals surface area contributed by atoms with Crippen molar-refractivity contribution >= 4 is 23.3 Å². The monoisotopic (exact) mass is 236 g/mol. The van der Waals surface area contributed by atoms with Crippen molar-refractivity contribution in [3.8, 4) is 0 Å². The van der Waals surface area contributed by atoms with Crippen molar-refractivity contribution in [1.29, 1.82) is 0 Å². The van der Waals surface area contributed by atoms with Crippen molar-refractivity contribution in [3.63, 3.8) is 0 Å². The number of hydrogen-bond donors (Lipinski definition) is 3. The van der Waals surface area contributed by atoms with Gasteiger partial charge in [0.25, 0.3) is 5.69 Å². The first-order chi connectivity index (χ1) is 7.90. The number of nitrogens with zero attached hydrogens (tertiary/aromatic N) is 3. The third kappa shape index (κ3) is 3.45. The number of aryl methyl sites for hydroxylation is 1. The van der Waals surface area contributed by atoms with Crippen molar-refractivity contribution in [2.24, 2.45) is 27.2 Å². The van der Waals surface area contributed by atoms with Crippen LogP contribution in [0.15, 0.2) is 28.2 Å². The molecule has 0 atom stereocenters. The van der Waals surface area contributed by atoms with Gasteiger partial charge in [0.2, 0.25) is 5.96 Å². The lowest BCUT2D eigenvalue weighted by Gasteiger charge is -1.99. The number of nitrogens with two attached hydrogens (primary N) is 3. The Morgan fingerprint density at radius 2 is 2.00 bits per heavy atom. The van der Waals surface area contributed by atoms with Crippen LogP contribution in [0.1, 0.15) is 5.56 Å². The fraction of sp³-hybridized carbons (Fsp3) is 0.111. The number of guanidine groups is 2. The highest BCUT2D eigenvalue weighted by Gasteiger charge is 2.09. The fourth-order valence-corrected chi connectivity index (χ4v) is 1.20. The normalized spacial score (nSPS) is 11.0. The van der Waals surface area contributed by atoms with E-state index in [1.807, 2.05) is 0 Å². The number of hydrogen-bond acceptors (Lipinski definition) is 3. The van der Waals surface area contributed by atoms with E-state index in [2.05, 4.69) is 9.98 Å². The maximum atomic E-state index is 10.6. The van der Waals surface area contributed by atoms with E-state index in [4.69, 9.17) is 17.2 Å². The van der Waals surface area contributed by atoms with E-state index in [0.717, 1.165) is 0 Å². The van der Waals surface area contributed by atoms with E-state index < -0.39 is 4.92 Å². The standard InChI is InChI=1S/C9H12N6O2/c1-5-4-6(2-3-7(5)15(16)17)13-9(12)14-8(10)11/h2-4H,1H3,(H6,10,11,12,13,14). The van der Waals surface area contributed by atoms with Crippen LogP contribution in [-0.4, -0.2) is 16.8 Å². The highest BCUT2D eigenvalue weighted by Crippen LogP contribution is 2.23. The Labute approximate surface area is 97.0 Å². The summed E-state index contributed by atoms with van der Waals surface area (Å²) in [5.74, 6) is -0.317. The van der Waals surface area contributed by atoms with Crippen LogP contribution in [0, 0.1) is 17.0 Å². The van der Waals surface area contributed by atoms with Crippen LogP contribution >= 0.6 is 0 Å². The van der Waals surface area contributed by atoms with Crippen LogP contribution in [0.5, 0.6) is 0 Å². The molecule has 0 fully saturated rings. The summed E-state index contributed by atoms with van der Waals surface area (Å²) in [4.78, 5) is 17.5. The summed E-state index contributed by atoms with van der Waals surface area (Å²) in [7, 11) is 0. The molecule has 0 heterocycles. The molecule has 1 rings (SSSR count). The molecule has 8 heteroatoms. The van der Waals surface area contributed by atoms with Crippen molar-refractivity contribution in [2.45, 2.75) is 6.92 Å². The van der Waals surface area contributed by atoms with Crippen LogP contribution in [0.25, 0.3) is 0 Å². The van der Waals surface area contributed by atoms with Gasteiger partial charge in [0, 0.05) is 11.6 Å². The average molecular weight is 236 g/mol. The molecule has 0 saturated carbocycles. The molecule has 0 radical (unpaired) electrons. The minimum absolute atomic E-state index is 0.0179. The van der Waals surface area contributed by atoms with Crippen molar-refractivity contribution < 1.29 is 4.92 Å². The molecule has 8 nitrogen and oxygen atoms in total. The molecular weight excluding hydrogens is 224 g/mol. The largest absolute Gasteiger partial charge is 0.370 e. The van der Waals surface area contributed by atoms with E-state index >= 15 is 0 Å². The van der Waals surface area contributed by atoms with Gasteiger partial charge in [-0.3, -0.25) is 10.1 Å². The topological polar surface area (TPSA) is 146 Å². The highest BCUT2D eigenvalue weighted by molar-refractivity contribution is 5.93. The molecule has 0 aliphatic carbocycles. The second-order valence-corrected chi connectivity index (χ2v) is 3.23. The molecule has 0 amide bonds. The quantitative estimate of drug-likeness (QED) is 0.289.